The number of amides is 1. The second kappa shape index (κ2) is 9.69. The zero-order chi connectivity index (χ0) is 22.6. The average molecular weight is 428 g/mol. The monoisotopic (exact) mass is 427 g/mol. The van der Waals surface area contributed by atoms with Crippen molar-refractivity contribution in [1.29, 1.82) is 0 Å². The molecule has 1 aliphatic rings. The van der Waals surface area contributed by atoms with E-state index in [2.05, 4.69) is 39.4 Å². The first-order valence-electron chi connectivity index (χ1n) is 11.1. The molecule has 1 amide bonds. The number of rotatable bonds is 6. The number of benzene rings is 2. The van der Waals surface area contributed by atoms with Gasteiger partial charge in [0.05, 0.1) is 32.7 Å². The van der Waals surface area contributed by atoms with Crippen molar-refractivity contribution in [2.24, 2.45) is 5.41 Å². The largest absolute Gasteiger partial charge is 0.378 e. The van der Waals surface area contributed by atoms with Crippen molar-refractivity contribution < 1.29 is 14.1 Å². The number of halogens is 1. The molecule has 1 saturated heterocycles. The topological polar surface area (TPSA) is 40.0 Å². The Morgan fingerprint density at radius 2 is 1.65 bits per heavy atom. The Hall–Kier alpha value is -2.60. The van der Waals surface area contributed by atoms with Crippen LogP contribution in [0.2, 0.25) is 0 Å². The number of anilines is 2. The number of nitrogens with zero attached hydrogens (tertiary/aromatic N) is 2. The van der Waals surface area contributed by atoms with E-state index in [1.807, 2.05) is 47.0 Å². The SMILES string of the molecule is CN(C)c1ccc([C@@H](CNC(=O)C(C)(C)C)[NH+]2CCN(c3ccc(F)cc3)CC2)cc1. The van der Waals surface area contributed by atoms with Gasteiger partial charge in [-0.05, 0) is 36.4 Å². The van der Waals surface area contributed by atoms with Crippen LogP contribution >= 0.6 is 0 Å². The van der Waals surface area contributed by atoms with Crippen molar-refractivity contribution in [1.82, 2.24) is 5.32 Å². The molecule has 2 N–H and O–H groups in total. The van der Waals surface area contributed by atoms with Gasteiger partial charge >= 0.3 is 0 Å². The molecule has 0 spiro atoms. The second-order valence-electron chi connectivity index (χ2n) is 9.62. The van der Waals surface area contributed by atoms with Gasteiger partial charge in [-0.25, -0.2) is 4.39 Å². The molecule has 1 aliphatic heterocycles. The smallest absolute Gasteiger partial charge is 0.225 e. The molecule has 168 valence electrons. The first-order valence-corrected chi connectivity index (χ1v) is 11.1. The van der Waals surface area contributed by atoms with Gasteiger partial charge in [-0.15, -0.1) is 0 Å². The fourth-order valence-electron chi connectivity index (χ4n) is 4.02. The number of nitrogens with one attached hydrogen (secondary N) is 2. The summed E-state index contributed by atoms with van der Waals surface area (Å²) in [6.07, 6.45) is 0. The quantitative estimate of drug-likeness (QED) is 0.744. The zero-order valence-electron chi connectivity index (χ0n) is 19.4. The first-order chi connectivity index (χ1) is 14.6. The standard InChI is InChI=1S/C25H35FN4O/c1-25(2,3)24(31)27-18-23(19-6-10-21(11-7-19)28(4)5)30-16-14-29(15-17-30)22-12-8-20(26)9-13-22/h6-13,23H,14-18H2,1-5H3,(H,27,31)/p+1/t23-/m1/s1. The molecule has 0 aliphatic carbocycles. The van der Waals surface area contributed by atoms with Gasteiger partial charge in [0.25, 0.3) is 0 Å². The van der Waals surface area contributed by atoms with Gasteiger partial charge in [-0.3, -0.25) is 4.79 Å². The summed E-state index contributed by atoms with van der Waals surface area (Å²) in [6.45, 7) is 10.2. The zero-order valence-corrected chi connectivity index (χ0v) is 19.4. The molecule has 3 rings (SSSR count). The van der Waals surface area contributed by atoms with E-state index in [9.17, 15) is 9.18 Å². The summed E-state index contributed by atoms with van der Waals surface area (Å²) >= 11 is 0. The van der Waals surface area contributed by atoms with E-state index in [0.717, 1.165) is 37.6 Å². The van der Waals surface area contributed by atoms with E-state index in [1.165, 1.54) is 22.6 Å². The Morgan fingerprint density at radius 1 is 1.06 bits per heavy atom. The van der Waals surface area contributed by atoms with Crippen molar-refractivity contribution >= 4 is 17.3 Å². The number of carbonyl (C=O) groups is 1. The minimum absolute atomic E-state index is 0.0757. The maximum atomic E-state index is 13.3. The van der Waals surface area contributed by atoms with E-state index >= 15 is 0 Å². The van der Waals surface area contributed by atoms with Gasteiger partial charge < -0.3 is 20.0 Å². The van der Waals surface area contributed by atoms with Crippen molar-refractivity contribution in [3.05, 3.63) is 59.9 Å². The molecule has 0 aromatic heterocycles. The molecule has 0 unspecified atom stereocenters. The molecule has 6 heteroatoms. The van der Waals surface area contributed by atoms with Crippen LogP contribution in [0.25, 0.3) is 0 Å². The highest BCUT2D eigenvalue weighted by atomic mass is 19.1. The third-order valence-electron chi connectivity index (χ3n) is 6.05. The number of carbonyl (C=O) groups excluding carboxylic acids is 1. The average Bonchev–Trinajstić information content (AvgIpc) is 2.74. The molecule has 5 nitrogen and oxygen atoms in total. The Kier molecular flexibility index (Phi) is 7.21. The Morgan fingerprint density at radius 3 is 2.16 bits per heavy atom. The van der Waals surface area contributed by atoms with Crippen molar-refractivity contribution in [2.45, 2.75) is 26.8 Å². The van der Waals surface area contributed by atoms with Gasteiger partial charge in [0.2, 0.25) is 5.91 Å². The summed E-state index contributed by atoms with van der Waals surface area (Å²) in [5, 5.41) is 3.18. The molecule has 0 radical (unpaired) electrons. The van der Waals surface area contributed by atoms with Crippen LogP contribution in [0.1, 0.15) is 32.4 Å². The van der Waals surface area contributed by atoms with Crippen LogP contribution in [0.4, 0.5) is 15.8 Å². The van der Waals surface area contributed by atoms with Crippen molar-refractivity contribution in [2.75, 3.05) is 56.6 Å². The fraction of sp³-hybridized carbons (Fsp3) is 0.480. The van der Waals surface area contributed by atoms with E-state index in [1.54, 1.807) is 0 Å². The lowest BCUT2D eigenvalue weighted by atomic mass is 9.95. The summed E-state index contributed by atoms with van der Waals surface area (Å²) in [5.74, 6) is -0.129. The minimum Gasteiger partial charge on any atom is -0.378 e. The predicted octanol–water partition coefficient (Wildman–Crippen LogP) is 2.50. The summed E-state index contributed by atoms with van der Waals surface area (Å²) in [7, 11) is 4.08. The van der Waals surface area contributed by atoms with E-state index < -0.39 is 5.41 Å². The van der Waals surface area contributed by atoms with Gasteiger partial charge in [0.15, 0.2) is 0 Å². The highest BCUT2D eigenvalue weighted by molar-refractivity contribution is 5.81. The molecule has 2 aromatic rings. The number of hydrogen-bond donors (Lipinski definition) is 2. The number of quaternary nitrogens is 1. The normalized spacial score (nSPS) is 16.1. The van der Waals surface area contributed by atoms with Crippen molar-refractivity contribution in [3.8, 4) is 0 Å². The molecule has 0 saturated carbocycles. The molecular formula is C25H36FN4O+. The predicted molar refractivity (Wildman–Crippen MR) is 125 cm³/mol. The van der Waals surface area contributed by atoms with Gasteiger partial charge in [0, 0.05) is 36.4 Å². The summed E-state index contributed by atoms with van der Waals surface area (Å²) in [5.41, 5.74) is 3.06. The minimum atomic E-state index is -0.407. The summed E-state index contributed by atoms with van der Waals surface area (Å²) in [4.78, 5) is 18.4. The number of piperazine rings is 1. The van der Waals surface area contributed by atoms with E-state index in [-0.39, 0.29) is 17.8 Å². The molecular weight excluding hydrogens is 391 g/mol. The van der Waals surface area contributed by atoms with E-state index in [4.69, 9.17) is 0 Å². The summed E-state index contributed by atoms with van der Waals surface area (Å²) in [6, 6.07) is 15.6. The number of hydrogen-bond acceptors (Lipinski definition) is 3. The lowest BCUT2D eigenvalue weighted by molar-refractivity contribution is -0.931. The molecule has 0 bridgehead atoms. The third-order valence-corrected chi connectivity index (χ3v) is 6.05. The lowest BCUT2D eigenvalue weighted by Crippen LogP contribution is -3.15. The third kappa shape index (κ3) is 5.97. The Balaban J connectivity index is 1.73. The van der Waals surface area contributed by atoms with Gasteiger partial charge in [-0.1, -0.05) is 32.9 Å². The molecule has 1 atom stereocenters. The molecule has 31 heavy (non-hydrogen) atoms. The van der Waals surface area contributed by atoms with Crippen LogP contribution < -0.4 is 20.0 Å². The lowest BCUT2D eigenvalue weighted by Gasteiger charge is -2.38. The van der Waals surface area contributed by atoms with E-state index in [0.29, 0.717) is 6.54 Å². The van der Waals surface area contributed by atoms with Crippen LogP contribution in [0.15, 0.2) is 48.5 Å². The molecule has 1 heterocycles. The van der Waals surface area contributed by atoms with Crippen molar-refractivity contribution in [3.63, 3.8) is 0 Å². The second-order valence-corrected chi connectivity index (χ2v) is 9.62. The maximum absolute atomic E-state index is 13.3. The molecule has 1 fully saturated rings. The van der Waals surface area contributed by atoms with Crippen LogP contribution in [-0.4, -0.2) is 52.7 Å². The van der Waals surface area contributed by atoms with Crippen LogP contribution in [0.3, 0.4) is 0 Å². The Labute approximate surface area is 185 Å². The Bertz CT molecular complexity index is 851. The summed E-state index contributed by atoms with van der Waals surface area (Å²) < 4.78 is 13.3. The maximum Gasteiger partial charge on any atom is 0.225 e. The molecule has 2 aromatic carbocycles. The van der Waals surface area contributed by atoms with Gasteiger partial charge in [-0.2, -0.15) is 0 Å². The van der Waals surface area contributed by atoms with Gasteiger partial charge in [0.1, 0.15) is 11.9 Å². The highest BCUT2D eigenvalue weighted by Crippen LogP contribution is 2.19. The van der Waals surface area contributed by atoms with Crippen LogP contribution in [0.5, 0.6) is 0 Å². The van der Waals surface area contributed by atoms with Crippen LogP contribution in [-0.2, 0) is 4.79 Å². The highest BCUT2D eigenvalue weighted by Gasteiger charge is 2.30. The fourth-order valence-corrected chi connectivity index (χ4v) is 4.02. The first kappa shape index (κ1) is 23.1. The van der Waals surface area contributed by atoms with Crippen LogP contribution in [0, 0.1) is 11.2 Å².